The van der Waals surface area contributed by atoms with Crippen molar-refractivity contribution in [2.75, 3.05) is 13.1 Å². The summed E-state index contributed by atoms with van der Waals surface area (Å²) in [6.45, 7) is 2.01. The summed E-state index contributed by atoms with van der Waals surface area (Å²) in [7, 11) is 0. The highest BCUT2D eigenvalue weighted by molar-refractivity contribution is 6.32. The molecule has 1 aliphatic heterocycles. The van der Waals surface area contributed by atoms with Crippen molar-refractivity contribution in [3.8, 4) is 0 Å². The molecule has 1 heterocycles. The third-order valence-corrected chi connectivity index (χ3v) is 5.59. The van der Waals surface area contributed by atoms with Crippen molar-refractivity contribution < 1.29 is 14.1 Å². The number of nitro groups is 1. The van der Waals surface area contributed by atoms with Crippen LogP contribution < -0.4 is 5.43 Å². The Labute approximate surface area is 182 Å². The van der Waals surface area contributed by atoms with E-state index in [4.69, 9.17) is 23.2 Å². The van der Waals surface area contributed by atoms with Gasteiger partial charge < -0.3 is 0 Å². The van der Waals surface area contributed by atoms with Gasteiger partial charge in [-0.05, 0) is 49.7 Å². The largest absolute Gasteiger partial charge is 0.299 e. The number of nitro benzene ring substituents is 1. The maximum Gasteiger partial charge on any atom is 0.288 e. The molecule has 1 amide bonds. The molecule has 1 N–H and O–H groups in total. The van der Waals surface area contributed by atoms with Crippen LogP contribution in [0.5, 0.6) is 0 Å². The highest BCUT2D eigenvalue weighted by Crippen LogP contribution is 2.25. The number of carbonyl (C=O) groups excluding carboxylic acids is 1. The predicted octanol–water partition coefficient (Wildman–Crippen LogP) is 4.40. The van der Waals surface area contributed by atoms with Crippen molar-refractivity contribution in [3.05, 3.63) is 73.5 Å². The molecule has 0 unspecified atom stereocenters. The first-order valence-electron chi connectivity index (χ1n) is 9.26. The molecule has 0 saturated carbocycles. The van der Waals surface area contributed by atoms with E-state index in [1.165, 1.54) is 30.5 Å². The number of carbonyl (C=O) groups is 1. The van der Waals surface area contributed by atoms with Gasteiger partial charge in [-0.3, -0.25) is 19.8 Å². The molecule has 1 fully saturated rings. The second kappa shape index (κ2) is 9.97. The van der Waals surface area contributed by atoms with Gasteiger partial charge >= 0.3 is 0 Å². The zero-order chi connectivity index (χ0) is 21.7. The summed E-state index contributed by atoms with van der Waals surface area (Å²) in [6, 6.07) is 8.62. The molecule has 158 valence electrons. The number of nitrogens with one attached hydrogen (secondary N) is 1. The van der Waals surface area contributed by atoms with Crippen LogP contribution in [-0.2, 0) is 11.3 Å². The van der Waals surface area contributed by atoms with E-state index in [0.717, 1.165) is 5.56 Å². The highest BCUT2D eigenvalue weighted by Gasteiger charge is 2.25. The molecule has 1 saturated heterocycles. The first-order chi connectivity index (χ1) is 14.3. The zero-order valence-electron chi connectivity index (χ0n) is 15.9. The first-order valence-corrected chi connectivity index (χ1v) is 10.0. The number of piperidine rings is 1. The summed E-state index contributed by atoms with van der Waals surface area (Å²) in [5, 5.41) is 15.2. The van der Waals surface area contributed by atoms with Crippen LogP contribution in [0.2, 0.25) is 10.0 Å². The smallest absolute Gasteiger partial charge is 0.288 e. The van der Waals surface area contributed by atoms with Crippen LogP contribution in [0.3, 0.4) is 0 Å². The molecule has 2 aromatic rings. The molecular weight excluding hydrogens is 434 g/mol. The lowest BCUT2D eigenvalue weighted by Gasteiger charge is -2.31. The molecule has 1 aliphatic rings. The maximum absolute atomic E-state index is 13.2. The van der Waals surface area contributed by atoms with Crippen LogP contribution in [0.25, 0.3) is 0 Å². The summed E-state index contributed by atoms with van der Waals surface area (Å²) >= 11 is 11.9. The maximum atomic E-state index is 13.2. The van der Waals surface area contributed by atoms with E-state index in [0.29, 0.717) is 43.1 Å². The van der Waals surface area contributed by atoms with Gasteiger partial charge in [0.2, 0.25) is 5.91 Å². The predicted molar refractivity (Wildman–Crippen MR) is 113 cm³/mol. The fourth-order valence-corrected chi connectivity index (χ4v) is 3.67. The minimum atomic E-state index is -0.578. The standard InChI is InChI=1S/C20H19Cl2FN4O3/c21-17-4-1-13(9-19(17)27(29)30)11-24-25-20(28)14-5-7-26(8-6-14)12-15-2-3-16(23)10-18(15)22/h1-4,9-11,14H,5-8,12H2,(H,25,28)/b24-11-. The molecule has 0 aliphatic carbocycles. The zero-order valence-corrected chi connectivity index (χ0v) is 17.4. The molecule has 0 bridgehead atoms. The average molecular weight is 453 g/mol. The Hall–Kier alpha value is -2.55. The monoisotopic (exact) mass is 452 g/mol. The first kappa shape index (κ1) is 22.1. The number of hydrazone groups is 1. The molecular formula is C20H19Cl2FN4O3. The summed E-state index contributed by atoms with van der Waals surface area (Å²) in [4.78, 5) is 24.8. The van der Waals surface area contributed by atoms with Gasteiger partial charge in [-0.25, -0.2) is 9.82 Å². The second-order valence-corrected chi connectivity index (χ2v) is 7.80. The van der Waals surface area contributed by atoms with E-state index in [9.17, 15) is 19.3 Å². The van der Waals surface area contributed by atoms with Gasteiger partial charge in [-0.1, -0.05) is 35.3 Å². The molecule has 30 heavy (non-hydrogen) atoms. The van der Waals surface area contributed by atoms with Crippen LogP contribution in [0.1, 0.15) is 24.0 Å². The summed E-state index contributed by atoms with van der Waals surface area (Å²) in [6.07, 6.45) is 2.66. The number of hydrogen-bond acceptors (Lipinski definition) is 5. The molecule has 0 spiro atoms. The Morgan fingerprint density at radius 1 is 1.23 bits per heavy atom. The number of amides is 1. The number of nitrogens with zero attached hydrogens (tertiary/aromatic N) is 3. The third-order valence-electron chi connectivity index (χ3n) is 4.92. The van der Waals surface area contributed by atoms with Gasteiger partial charge in [0, 0.05) is 29.1 Å². The fraction of sp³-hybridized carbons (Fsp3) is 0.300. The minimum Gasteiger partial charge on any atom is -0.299 e. The number of hydrogen-bond donors (Lipinski definition) is 1. The van der Waals surface area contributed by atoms with Crippen molar-refractivity contribution in [2.45, 2.75) is 19.4 Å². The van der Waals surface area contributed by atoms with Gasteiger partial charge in [-0.2, -0.15) is 5.10 Å². The summed E-state index contributed by atoms with van der Waals surface area (Å²) in [5.74, 6) is -0.747. The molecule has 0 radical (unpaired) electrons. The van der Waals surface area contributed by atoms with E-state index in [1.807, 2.05) is 0 Å². The van der Waals surface area contributed by atoms with Crippen LogP contribution >= 0.6 is 23.2 Å². The normalized spacial score (nSPS) is 15.4. The lowest BCUT2D eigenvalue weighted by atomic mass is 9.96. The molecule has 10 heteroatoms. The van der Waals surface area contributed by atoms with Gasteiger partial charge in [0.05, 0.1) is 11.1 Å². The van der Waals surface area contributed by atoms with Crippen molar-refractivity contribution in [2.24, 2.45) is 11.0 Å². The lowest BCUT2D eigenvalue weighted by molar-refractivity contribution is -0.384. The summed E-state index contributed by atoms with van der Waals surface area (Å²) in [5.41, 5.74) is 3.57. The minimum absolute atomic E-state index is 0.0369. The van der Waals surface area contributed by atoms with E-state index < -0.39 is 4.92 Å². The molecule has 0 aromatic heterocycles. The van der Waals surface area contributed by atoms with Crippen LogP contribution in [-0.4, -0.2) is 35.0 Å². The second-order valence-electron chi connectivity index (χ2n) is 6.99. The SMILES string of the molecule is O=C(N/N=C\c1ccc(Cl)c([N+](=O)[O-])c1)C1CCN(Cc2ccc(F)cc2Cl)CC1. The fourth-order valence-electron chi connectivity index (χ4n) is 3.26. The van der Waals surface area contributed by atoms with Crippen molar-refractivity contribution in [3.63, 3.8) is 0 Å². The molecule has 2 aromatic carbocycles. The van der Waals surface area contributed by atoms with Crippen LogP contribution in [0.15, 0.2) is 41.5 Å². The number of halogens is 3. The average Bonchev–Trinajstić information content (AvgIpc) is 2.71. The van der Waals surface area contributed by atoms with E-state index >= 15 is 0 Å². The van der Waals surface area contributed by atoms with Gasteiger partial charge in [-0.15, -0.1) is 0 Å². The Kier molecular flexibility index (Phi) is 7.36. The van der Waals surface area contributed by atoms with Crippen molar-refractivity contribution in [1.29, 1.82) is 0 Å². The van der Waals surface area contributed by atoms with E-state index in [1.54, 1.807) is 12.1 Å². The number of likely N-dealkylation sites (tertiary alicyclic amines) is 1. The van der Waals surface area contributed by atoms with Gasteiger partial charge in [0.1, 0.15) is 10.8 Å². The van der Waals surface area contributed by atoms with Gasteiger partial charge in [0.25, 0.3) is 5.69 Å². The molecule has 7 nitrogen and oxygen atoms in total. The Morgan fingerprint density at radius 2 is 1.97 bits per heavy atom. The molecule has 3 rings (SSSR count). The lowest BCUT2D eigenvalue weighted by Crippen LogP contribution is -2.39. The summed E-state index contributed by atoms with van der Waals surface area (Å²) < 4.78 is 13.2. The Bertz CT molecular complexity index is 979. The number of rotatable bonds is 6. The van der Waals surface area contributed by atoms with E-state index in [-0.39, 0.29) is 28.4 Å². The number of benzene rings is 2. The van der Waals surface area contributed by atoms with E-state index in [2.05, 4.69) is 15.4 Å². The highest BCUT2D eigenvalue weighted by atomic mass is 35.5. The topological polar surface area (TPSA) is 87.8 Å². The quantitative estimate of drug-likeness (QED) is 0.399. The molecule has 0 atom stereocenters. The Morgan fingerprint density at radius 3 is 2.63 bits per heavy atom. The van der Waals surface area contributed by atoms with Crippen molar-refractivity contribution >= 4 is 41.0 Å². The Balaban J connectivity index is 1.49. The van der Waals surface area contributed by atoms with Crippen LogP contribution in [0.4, 0.5) is 10.1 Å². The third kappa shape index (κ3) is 5.75. The van der Waals surface area contributed by atoms with Crippen molar-refractivity contribution in [1.82, 2.24) is 10.3 Å². The van der Waals surface area contributed by atoms with Crippen LogP contribution in [0, 0.1) is 21.8 Å². The van der Waals surface area contributed by atoms with Gasteiger partial charge in [0.15, 0.2) is 0 Å².